The molecule has 0 heterocycles. The van der Waals surface area contributed by atoms with Gasteiger partial charge in [0.15, 0.2) is 16.2 Å². The molecule has 0 bridgehead atoms. The molecule has 0 radical (unpaired) electrons. The Balaban J connectivity index is 3.91. The number of carbonyl (C=O) groups excluding carboxylic acids is 3. The van der Waals surface area contributed by atoms with E-state index in [2.05, 4.69) is 0 Å². The first-order valence-electron chi connectivity index (χ1n) is 16.5. The Kier molecular flexibility index (Phi) is 18.7. The second-order valence-corrected chi connectivity index (χ2v) is 25.5. The minimum Gasteiger partial charge on any atom is -0.341 e. The van der Waals surface area contributed by atoms with E-state index in [1.165, 1.54) is 0 Å². The summed E-state index contributed by atoms with van der Waals surface area (Å²) in [5.41, 5.74) is 2.60. The molecule has 3 amide bonds. The molecule has 1 aromatic carbocycles. The number of nitrogens with zero attached hydrogens (tertiary/aromatic N) is 3. The van der Waals surface area contributed by atoms with Crippen LogP contribution in [0.25, 0.3) is 0 Å². The summed E-state index contributed by atoms with van der Waals surface area (Å²) in [6.07, 6.45) is -0.469. The highest BCUT2D eigenvalue weighted by molar-refractivity contribution is 7.71. The molecule has 0 saturated heterocycles. The summed E-state index contributed by atoms with van der Waals surface area (Å²) in [6, 6.07) is 0. The monoisotopic (exact) mass is 939 g/mol. The fourth-order valence-corrected chi connectivity index (χ4v) is 13.4. The van der Waals surface area contributed by atoms with Gasteiger partial charge >= 0.3 is 45.6 Å². The van der Waals surface area contributed by atoms with Crippen molar-refractivity contribution in [2.24, 2.45) is 0 Å². The van der Waals surface area contributed by atoms with E-state index in [9.17, 15) is 100 Å². The second-order valence-electron chi connectivity index (χ2n) is 13.4. The fourth-order valence-electron chi connectivity index (χ4n) is 6.20. The van der Waals surface area contributed by atoms with Crippen molar-refractivity contribution in [2.45, 2.75) is 77.0 Å². The van der Waals surface area contributed by atoms with E-state index < -0.39 is 99.1 Å². The number of rotatable bonds is 21. The molecule has 1 rings (SSSR count). The molecule has 1 aromatic rings. The van der Waals surface area contributed by atoms with Gasteiger partial charge < -0.3 is 73.4 Å². The molecular formula is C27H51N3O21P6. The van der Waals surface area contributed by atoms with Crippen LogP contribution in [-0.2, 0) is 61.0 Å². The van der Waals surface area contributed by atoms with Crippen LogP contribution in [0.4, 0.5) is 0 Å². The van der Waals surface area contributed by atoms with Crippen molar-refractivity contribution in [3.05, 3.63) is 33.4 Å². The van der Waals surface area contributed by atoms with Crippen molar-refractivity contribution in [1.29, 1.82) is 0 Å². The van der Waals surface area contributed by atoms with Gasteiger partial charge in [0.25, 0.3) is 0 Å². The zero-order chi connectivity index (χ0) is 45.0. The molecule has 24 nitrogen and oxygen atoms in total. The third kappa shape index (κ3) is 15.8. The molecule has 12 N–H and O–H groups in total. The third-order valence-corrected chi connectivity index (χ3v) is 20.5. The number of benzene rings is 1. The SMILES string of the molecule is CC(=O)N(CCc1c(C)c(CCN(CC(P(=O)(O)O)P(=O)(O)O)C(C)=O)c(C)c(CCN(CC(P(=O)(O)O)P(=O)(O)O)C(C)=O)c1C)CC(P(=O)(O)O)P(=O)(O)O. The van der Waals surface area contributed by atoms with E-state index in [0.29, 0.717) is 33.4 Å². The summed E-state index contributed by atoms with van der Waals surface area (Å²) in [5.74, 6) is -2.48. The Morgan fingerprint density at radius 1 is 0.404 bits per heavy atom. The van der Waals surface area contributed by atoms with Crippen LogP contribution < -0.4 is 0 Å². The number of carbonyl (C=O) groups is 3. The van der Waals surface area contributed by atoms with Gasteiger partial charge in [-0.15, -0.1) is 0 Å². The van der Waals surface area contributed by atoms with Crippen molar-refractivity contribution in [2.75, 3.05) is 39.3 Å². The predicted molar refractivity (Wildman–Crippen MR) is 202 cm³/mol. The zero-order valence-corrected chi connectivity index (χ0v) is 37.0. The maximum absolute atomic E-state index is 12.6. The van der Waals surface area contributed by atoms with Gasteiger partial charge in [-0.3, -0.25) is 41.8 Å². The molecule has 0 aliphatic rings. The normalized spacial score (nSPS) is 13.4. The molecule has 0 atom stereocenters. The van der Waals surface area contributed by atoms with Crippen LogP contribution >= 0.6 is 45.6 Å². The molecule has 0 spiro atoms. The minimum atomic E-state index is -5.46. The van der Waals surface area contributed by atoms with Crippen LogP contribution in [0.15, 0.2) is 0 Å². The Labute approximate surface area is 327 Å². The lowest BCUT2D eigenvalue weighted by Crippen LogP contribution is -2.38. The highest BCUT2D eigenvalue weighted by Crippen LogP contribution is 2.61. The van der Waals surface area contributed by atoms with Gasteiger partial charge in [0.1, 0.15) is 0 Å². The van der Waals surface area contributed by atoms with Crippen LogP contribution in [0.3, 0.4) is 0 Å². The quantitative estimate of drug-likeness (QED) is 0.0712. The van der Waals surface area contributed by atoms with E-state index in [1.807, 2.05) is 0 Å². The van der Waals surface area contributed by atoms with E-state index in [0.717, 1.165) is 35.5 Å². The molecule has 0 aromatic heterocycles. The second kappa shape index (κ2) is 19.9. The summed E-state index contributed by atoms with van der Waals surface area (Å²) < 4.78 is 71.9. The van der Waals surface area contributed by atoms with Gasteiger partial charge in [-0.1, -0.05) is 0 Å². The van der Waals surface area contributed by atoms with Crippen molar-refractivity contribution in [3.63, 3.8) is 0 Å². The highest BCUT2D eigenvalue weighted by atomic mass is 31.2. The van der Waals surface area contributed by atoms with Crippen molar-refractivity contribution < 1.29 is 100 Å². The van der Waals surface area contributed by atoms with Gasteiger partial charge in [-0.25, -0.2) is 0 Å². The molecule has 0 aliphatic carbocycles. The van der Waals surface area contributed by atoms with Gasteiger partial charge in [0, 0.05) is 60.0 Å². The third-order valence-electron chi connectivity index (χ3n) is 9.43. The molecule has 57 heavy (non-hydrogen) atoms. The Hall–Kier alpha value is -1.47. The Bertz CT molecular complexity index is 1650. The largest absolute Gasteiger partial charge is 0.342 e. The lowest BCUT2D eigenvalue weighted by Gasteiger charge is -2.31. The lowest BCUT2D eigenvalue weighted by molar-refractivity contribution is -0.129. The number of hydrogen-bond donors (Lipinski definition) is 12. The van der Waals surface area contributed by atoms with E-state index in [4.69, 9.17) is 0 Å². The average Bonchev–Trinajstić information content (AvgIpc) is 2.96. The Morgan fingerprint density at radius 3 is 0.684 bits per heavy atom. The van der Waals surface area contributed by atoms with Gasteiger partial charge in [-0.05, 0) is 73.4 Å². The van der Waals surface area contributed by atoms with Gasteiger partial charge in [-0.2, -0.15) is 0 Å². The average molecular weight is 940 g/mol. The maximum Gasteiger partial charge on any atom is 0.342 e. The van der Waals surface area contributed by atoms with Crippen LogP contribution in [0.1, 0.15) is 54.2 Å². The smallest absolute Gasteiger partial charge is 0.341 e. The van der Waals surface area contributed by atoms with E-state index >= 15 is 0 Å². The van der Waals surface area contributed by atoms with Crippen LogP contribution in [0, 0.1) is 20.8 Å². The summed E-state index contributed by atoms with van der Waals surface area (Å²) in [4.78, 5) is 156. The van der Waals surface area contributed by atoms with Crippen LogP contribution in [0.5, 0.6) is 0 Å². The zero-order valence-electron chi connectivity index (χ0n) is 31.7. The first kappa shape index (κ1) is 53.5. The summed E-state index contributed by atoms with van der Waals surface area (Å²) in [5, 5.41) is -7.69. The van der Waals surface area contributed by atoms with Crippen LogP contribution in [0.2, 0.25) is 0 Å². The topological polar surface area (TPSA) is 406 Å². The lowest BCUT2D eigenvalue weighted by atomic mass is 9.84. The van der Waals surface area contributed by atoms with Crippen molar-refractivity contribution >= 4 is 63.3 Å². The molecule has 0 fully saturated rings. The molecular weight excluding hydrogens is 888 g/mol. The molecule has 330 valence electrons. The Morgan fingerprint density at radius 2 is 0.561 bits per heavy atom. The van der Waals surface area contributed by atoms with Crippen molar-refractivity contribution in [1.82, 2.24) is 14.7 Å². The van der Waals surface area contributed by atoms with Gasteiger partial charge in [0.2, 0.25) is 17.7 Å². The molecule has 0 saturated carbocycles. The number of amides is 3. The molecule has 30 heteroatoms. The standard InChI is InChI=1S/C27H51N3O21P6/c1-16-22(7-10-28(19(4)31)13-25(52(34,35)36)53(37,38)39)17(2)24(9-12-30(21(6)33)15-27(56(46,47)48)57(49,50)51)18(3)23(16)8-11-29(20(5)32)14-26(54(40,41)42)55(43,44)45/h25-27H,7-15H2,1-6H3,(H2,34,35,36)(H2,37,38,39)(H2,40,41,42)(H2,43,44,45)(H2,46,47,48)(H2,49,50,51). The summed E-state index contributed by atoms with van der Waals surface area (Å²) in [6.45, 7) is 3.38. The predicted octanol–water partition coefficient (Wildman–Crippen LogP) is -0.171. The molecule has 0 aliphatic heterocycles. The maximum atomic E-state index is 12.6. The summed E-state index contributed by atoms with van der Waals surface area (Å²) in [7, 11) is -32.8. The van der Waals surface area contributed by atoms with Crippen molar-refractivity contribution in [3.8, 4) is 0 Å². The van der Waals surface area contributed by atoms with E-state index in [-0.39, 0.29) is 38.9 Å². The fraction of sp³-hybridized carbons (Fsp3) is 0.667. The summed E-state index contributed by atoms with van der Waals surface area (Å²) >= 11 is 0. The van der Waals surface area contributed by atoms with Crippen LogP contribution in [-0.4, -0.2) is 147 Å². The first-order chi connectivity index (χ1) is 25.3. The molecule has 0 unspecified atom stereocenters. The van der Waals surface area contributed by atoms with E-state index in [1.54, 1.807) is 20.8 Å². The van der Waals surface area contributed by atoms with Gasteiger partial charge in [0.05, 0.1) is 0 Å². The first-order valence-corrected chi connectivity index (χ1v) is 26.6. The number of hydrogen-bond acceptors (Lipinski definition) is 9. The minimum absolute atomic E-state index is 0.156. The highest BCUT2D eigenvalue weighted by Gasteiger charge is 2.47.